The number of nitrogens with two attached hydrogens (primary N) is 1. The van der Waals surface area contributed by atoms with Gasteiger partial charge in [-0.25, -0.2) is 0 Å². The van der Waals surface area contributed by atoms with Crippen LogP contribution in [0.25, 0.3) is 0 Å². The van der Waals surface area contributed by atoms with E-state index >= 15 is 0 Å². The molecule has 10 heavy (non-hydrogen) atoms. The first-order valence-corrected chi connectivity index (χ1v) is 3.44. The summed E-state index contributed by atoms with van der Waals surface area (Å²) >= 11 is 0. The summed E-state index contributed by atoms with van der Waals surface area (Å²) in [6.45, 7) is 3.42. The van der Waals surface area contributed by atoms with Crippen molar-refractivity contribution in [1.82, 2.24) is 0 Å². The Bertz CT molecular complexity index is 159. The number of hydrogen-bond donors (Lipinski definition) is 2. The Kier molecular flexibility index (Phi) is 1.47. The van der Waals surface area contributed by atoms with Crippen molar-refractivity contribution in [3.8, 4) is 0 Å². The van der Waals surface area contributed by atoms with Gasteiger partial charge < -0.3 is 10.8 Å². The summed E-state index contributed by atoms with van der Waals surface area (Å²) in [5.74, 6) is -0.280. The molecule has 3 heteroatoms. The quantitative estimate of drug-likeness (QED) is 0.566. The van der Waals surface area contributed by atoms with Gasteiger partial charge in [-0.2, -0.15) is 0 Å². The molecule has 0 aromatic rings. The van der Waals surface area contributed by atoms with E-state index in [9.17, 15) is 9.90 Å². The summed E-state index contributed by atoms with van der Waals surface area (Å²) in [5.41, 5.74) is 4.30. The number of primary amides is 1. The van der Waals surface area contributed by atoms with Gasteiger partial charge in [0.2, 0.25) is 5.91 Å². The molecule has 1 fully saturated rings. The van der Waals surface area contributed by atoms with E-state index in [2.05, 4.69) is 0 Å². The average Bonchev–Trinajstić information content (AvgIpc) is 2.35. The van der Waals surface area contributed by atoms with E-state index in [-0.39, 0.29) is 17.7 Å². The predicted octanol–water partition coefficient (Wildman–Crippen LogP) is -0.121. The van der Waals surface area contributed by atoms with Crippen molar-refractivity contribution in [3.63, 3.8) is 0 Å². The van der Waals surface area contributed by atoms with Gasteiger partial charge in [-0.05, 0) is 26.2 Å². The van der Waals surface area contributed by atoms with E-state index in [0.717, 1.165) is 6.42 Å². The molecule has 0 aliphatic heterocycles. The number of rotatable bonds is 2. The third kappa shape index (κ3) is 1.29. The summed E-state index contributed by atoms with van der Waals surface area (Å²) < 4.78 is 0. The van der Waals surface area contributed by atoms with E-state index in [1.54, 1.807) is 13.8 Å². The molecule has 1 amide bonds. The Morgan fingerprint density at radius 2 is 2.20 bits per heavy atom. The molecule has 0 heterocycles. The van der Waals surface area contributed by atoms with Gasteiger partial charge in [-0.1, -0.05) is 0 Å². The molecule has 3 nitrogen and oxygen atoms in total. The van der Waals surface area contributed by atoms with Gasteiger partial charge in [0.1, 0.15) is 0 Å². The van der Waals surface area contributed by atoms with Crippen LogP contribution in [-0.2, 0) is 4.79 Å². The minimum atomic E-state index is -0.736. The standard InChI is InChI=1S/C7H13NO2/c1-7(2,10)5-3-4(5)6(8)9/h4-5,10H,3H2,1-2H3,(H2,8,9)/t4-,5-/m1/s1. The first-order valence-electron chi connectivity index (χ1n) is 3.44. The predicted molar refractivity (Wildman–Crippen MR) is 37.1 cm³/mol. The maximum Gasteiger partial charge on any atom is 0.220 e. The van der Waals surface area contributed by atoms with Crippen LogP contribution in [-0.4, -0.2) is 16.6 Å². The van der Waals surface area contributed by atoms with Gasteiger partial charge in [0, 0.05) is 5.92 Å². The van der Waals surface area contributed by atoms with Crippen LogP contribution < -0.4 is 5.73 Å². The van der Waals surface area contributed by atoms with Crippen LogP contribution in [0, 0.1) is 11.8 Å². The van der Waals surface area contributed by atoms with Gasteiger partial charge in [0.25, 0.3) is 0 Å². The van der Waals surface area contributed by atoms with Gasteiger partial charge in [0.05, 0.1) is 5.60 Å². The van der Waals surface area contributed by atoms with E-state index in [4.69, 9.17) is 5.73 Å². The van der Waals surface area contributed by atoms with Crippen LogP contribution in [0.4, 0.5) is 0 Å². The topological polar surface area (TPSA) is 63.3 Å². The van der Waals surface area contributed by atoms with E-state index in [0.29, 0.717) is 0 Å². The first-order chi connectivity index (χ1) is 4.43. The van der Waals surface area contributed by atoms with Gasteiger partial charge in [-0.15, -0.1) is 0 Å². The van der Waals surface area contributed by atoms with Gasteiger partial charge >= 0.3 is 0 Å². The molecule has 1 rings (SSSR count). The van der Waals surface area contributed by atoms with Crippen LogP contribution in [0.2, 0.25) is 0 Å². The second-order valence-corrected chi connectivity index (χ2v) is 3.50. The molecule has 0 unspecified atom stereocenters. The van der Waals surface area contributed by atoms with Crippen molar-refractivity contribution in [2.24, 2.45) is 17.6 Å². The molecule has 1 aliphatic carbocycles. The third-order valence-corrected chi connectivity index (χ3v) is 2.06. The van der Waals surface area contributed by atoms with E-state index in [1.165, 1.54) is 0 Å². The fourth-order valence-electron chi connectivity index (χ4n) is 1.29. The SMILES string of the molecule is CC(C)(O)[C@@H]1C[C@H]1C(N)=O. The van der Waals surface area contributed by atoms with Crippen LogP contribution in [0.1, 0.15) is 20.3 Å². The maximum absolute atomic E-state index is 10.5. The zero-order chi connectivity index (χ0) is 7.94. The zero-order valence-electron chi connectivity index (χ0n) is 6.29. The molecule has 0 spiro atoms. The number of amides is 1. The highest BCUT2D eigenvalue weighted by atomic mass is 16.3. The minimum Gasteiger partial charge on any atom is -0.390 e. The average molecular weight is 143 g/mol. The highest BCUT2D eigenvalue weighted by Crippen LogP contribution is 2.45. The summed E-state index contributed by atoms with van der Waals surface area (Å²) in [5, 5.41) is 9.37. The smallest absolute Gasteiger partial charge is 0.220 e. The lowest BCUT2D eigenvalue weighted by Crippen LogP contribution is -2.26. The molecule has 0 aromatic carbocycles. The van der Waals surface area contributed by atoms with Crippen molar-refractivity contribution >= 4 is 5.91 Å². The molecule has 0 radical (unpaired) electrons. The molecular formula is C7H13NO2. The lowest BCUT2D eigenvalue weighted by atomic mass is 10.0. The normalized spacial score (nSPS) is 31.9. The first kappa shape index (κ1) is 7.54. The Hall–Kier alpha value is -0.570. The Balaban J connectivity index is 2.46. The van der Waals surface area contributed by atoms with Crippen molar-refractivity contribution in [3.05, 3.63) is 0 Å². The molecule has 3 N–H and O–H groups in total. The second kappa shape index (κ2) is 1.95. The number of carbonyl (C=O) groups is 1. The molecule has 0 aromatic heterocycles. The van der Waals surface area contributed by atoms with Crippen LogP contribution in [0.3, 0.4) is 0 Å². The zero-order valence-corrected chi connectivity index (χ0v) is 6.29. The van der Waals surface area contributed by atoms with Crippen molar-refractivity contribution in [2.45, 2.75) is 25.9 Å². The number of hydrogen-bond acceptors (Lipinski definition) is 2. The van der Waals surface area contributed by atoms with Crippen LogP contribution in [0.5, 0.6) is 0 Å². The lowest BCUT2D eigenvalue weighted by Gasteiger charge is -2.15. The van der Waals surface area contributed by atoms with Crippen molar-refractivity contribution in [2.75, 3.05) is 0 Å². The summed E-state index contributed by atoms with van der Waals surface area (Å²) in [6.07, 6.45) is 0.749. The summed E-state index contributed by atoms with van der Waals surface area (Å²) in [4.78, 5) is 10.5. The summed E-state index contributed by atoms with van der Waals surface area (Å²) in [6, 6.07) is 0. The number of aliphatic hydroxyl groups is 1. The van der Waals surface area contributed by atoms with Gasteiger partial charge in [-0.3, -0.25) is 4.79 Å². The Labute approximate surface area is 60.2 Å². The monoisotopic (exact) mass is 143 g/mol. The molecule has 2 atom stereocenters. The van der Waals surface area contributed by atoms with E-state index < -0.39 is 5.60 Å². The van der Waals surface area contributed by atoms with Gasteiger partial charge in [0.15, 0.2) is 0 Å². The summed E-state index contributed by atoms with van der Waals surface area (Å²) in [7, 11) is 0. The Morgan fingerprint density at radius 1 is 1.70 bits per heavy atom. The van der Waals surface area contributed by atoms with E-state index in [1.807, 2.05) is 0 Å². The van der Waals surface area contributed by atoms with Crippen LogP contribution >= 0.6 is 0 Å². The minimum absolute atomic E-state index is 0.0833. The molecular weight excluding hydrogens is 130 g/mol. The molecule has 58 valence electrons. The lowest BCUT2D eigenvalue weighted by molar-refractivity contribution is -0.120. The van der Waals surface area contributed by atoms with Crippen molar-refractivity contribution < 1.29 is 9.90 Å². The molecule has 1 saturated carbocycles. The maximum atomic E-state index is 10.5. The molecule has 1 aliphatic rings. The Morgan fingerprint density at radius 3 is 2.30 bits per heavy atom. The highest BCUT2D eigenvalue weighted by molar-refractivity contribution is 5.79. The largest absolute Gasteiger partial charge is 0.390 e. The van der Waals surface area contributed by atoms with Crippen LogP contribution in [0.15, 0.2) is 0 Å². The van der Waals surface area contributed by atoms with Crippen molar-refractivity contribution in [1.29, 1.82) is 0 Å². The molecule has 0 saturated heterocycles. The highest BCUT2D eigenvalue weighted by Gasteiger charge is 2.49. The fraction of sp³-hybridized carbons (Fsp3) is 0.857. The third-order valence-electron chi connectivity index (χ3n) is 2.06. The number of carbonyl (C=O) groups excluding carboxylic acids is 1. The second-order valence-electron chi connectivity index (χ2n) is 3.50. The molecule has 0 bridgehead atoms. The fourth-order valence-corrected chi connectivity index (χ4v) is 1.29.